The first kappa shape index (κ1) is 10.1. The van der Waals surface area contributed by atoms with Crippen LogP contribution in [0.15, 0.2) is 18.2 Å². The van der Waals surface area contributed by atoms with Crippen molar-refractivity contribution in [2.45, 2.75) is 18.8 Å². The van der Waals surface area contributed by atoms with Crippen LogP contribution in [0, 0.1) is 0 Å². The van der Waals surface area contributed by atoms with Gasteiger partial charge in [-0.1, -0.05) is 6.07 Å². The van der Waals surface area contributed by atoms with E-state index in [0.29, 0.717) is 5.92 Å². The number of pyridine rings is 1. The lowest BCUT2D eigenvalue weighted by Crippen LogP contribution is -2.16. The molecule has 1 N–H and O–H groups in total. The number of aromatic nitrogens is 1. The zero-order chi connectivity index (χ0) is 10.7. The molecule has 0 radical (unpaired) electrons. The fourth-order valence-electron chi connectivity index (χ4n) is 1.79. The van der Waals surface area contributed by atoms with Gasteiger partial charge >= 0.3 is 5.97 Å². The van der Waals surface area contributed by atoms with Crippen molar-refractivity contribution in [3.63, 3.8) is 0 Å². The fraction of sp³-hybridized carbons (Fsp3) is 0.455. The molecule has 0 saturated carbocycles. The van der Waals surface area contributed by atoms with Gasteiger partial charge in [0.1, 0.15) is 5.69 Å². The maximum absolute atomic E-state index is 10.7. The van der Waals surface area contributed by atoms with Crippen molar-refractivity contribution in [3.05, 3.63) is 29.6 Å². The van der Waals surface area contributed by atoms with Crippen LogP contribution < -0.4 is 0 Å². The van der Waals surface area contributed by atoms with Crippen LogP contribution in [0.3, 0.4) is 0 Å². The van der Waals surface area contributed by atoms with Crippen molar-refractivity contribution in [2.24, 2.45) is 0 Å². The Morgan fingerprint density at radius 3 is 2.80 bits per heavy atom. The van der Waals surface area contributed by atoms with Crippen LogP contribution >= 0.6 is 0 Å². The van der Waals surface area contributed by atoms with E-state index in [1.807, 2.05) is 6.07 Å². The van der Waals surface area contributed by atoms with Crippen molar-refractivity contribution in [2.75, 3.05) is 13.2 Å². The van der Waals surface area contributed by atoms with E-state index in [4.69, 9.17) is 9.84 Å². The average molecular weight is 207 g/mol. The SMILES string of the molecule is O=C(O)c1cccc(C2CCOCC2)n1. The molecule has 0 amide bonds. The molecule has 1 fully saturated rings. The Labute approximate surface area is 87.9 Å². The molecule has 0 aliphatic carbocycles. The predicted octanol–water partition coefficient (Wildman–Crippen LogP) is 1.67. The molecule has 1 aliphatic rings. The van der Waals surface area contributed by atoms with Crippen LogP contribution in [0.4, 0.5) is 0 Å². The van der Waals surface area contributed by atoms with Gasteiger partial charge in [0.2, 0.25) is 0 Å². The van der Waals surface area contributed by atoms with E-state index in [1.165, 1.54) is 6.07 Å². The summed E-state index contributed by atoms with van der Waals surface area (Å²) < 4.78 is 5.25. The highest BCUT2D eigenvalue weighted by Crippen LogP contribution is 2.25. The van der Waals surface area contributed by atoms with Crippen molar-refractivity contribution in [1.29, 1.82) is 0 Å². The van der Waals surface area contributed by atoms with Crippen LogP contribution in [0.25, 0.3) is 0 Å². The molecule has 0 atom stereocenters. The van der Waals surface area contributed by atoms with Gasteiger partial charge in [-0.2, -0.15) is 0 Å². The van der Waals surface area contributed by atoms with E-state index < -0.39 is 5.97 Å². The van der Waals surface area contributed by atoms with Crippen molar-refractivity contribution < 1.29 is 14.6 Å². The molecule has 0 spiro atoms. The number of hydrogen-bond acceptors (Lipinski definition) is 3. The second-order valence-electron chi connectivity index (χ2n) is 3.64. The summed E-state index contributed by atoms with van der Waals surface area (Å²) in [6.45, 7) is 1.48. The van der Waals surface area contributed by atoms with Crippen molar-refractivity contribution in [1.82, 2.24) is 4.98 Å². The molecule has 15 heavy (non-hydrogen) atoms. The summed E-state index contributed by atoms with van der Waals surface area (Å²) in [6, 6.07) is 5.16. The first-order valence-electron chi connectivity index (χ1n) is 5.05. The number of aromatic carboxylic acids is 1. The van der Waals surface area contributed by atoms with Crippen LogP contribution in [-0.2, 0) is 4.74 Å². The lowest BCUT2D eigenvalue weighted by Gasteiger charge is -2.21. The Morgan fingerprint density at radius 1 is 1.40 bits per heavy atom. The standard InChI is InChI=1S/C11H13NO3/c13-11(14)10-3-1-2-9(12-10)8-4-6-15-7-5-8/h1-3,8H,4-7H2,(H,13,14). The van der Waals surface area contributed by atoms with Gasteiger partial charge in [0.25, 0.3) is 0 Å². The molecule has 1 aliphatic heterocycles. The third kappa shape index (κ3) is 2.33. The molecular weight excluding hydrogens is 194 g/mol. The highest BCUT2D eigenvalue weighted by molar-refractivity contribution is 5.85. The van der Waals surface area contributed by atoms with E-state index in [0.717, 1.165) is 31.7 Å². The first-order chi connectivity index (χ1) is 7.27. The summed E-state index contributed by atoms with van der Waals surface area (Å²) in [5.74, 6) is -0.623. The Balaban J connectivity index is 2.19. The van der Waals surface area contributed by atoms with E-state index in [2.05, 4.69) is 4.98 Å². The maximum Gasteiger partial charge on any atom is 0.354 e. The number of carbonyl (C=O) groups is 1. The Morgan fingerprint density at radius 2 is 2.13 bits per heavy atom. The van der Waals surface area contributed by atoms with Gasteiger partial charge in [0, 0.05) is 24.8 Å². The number of nitrogens with zero attached hydrogens (tertiary/aromatic N) is 1. The monoisotopic (exact) mass is 207 g/mol. The normalized spacial score (nSPS) is 17.6. The summed E-state index contributed by atoms with van der Waals surface area (Å²) in [5, 5.41) is 8.82. The summed E-state index contributed by atoms with van der Waals surface area (Å²) in [5.41, 5.74) is 0.997. The van der Waals surface area contributed by atoms with Crippen molar-refractivity contribution in [3.8, 4) is 0 Å². The van der Waals surface area contributed by atoms with Gasteiger partial charge in [-0.05, 0) is 25.0 Å². The topological polar surface area (TPSA) is 59.4 Å². The molecule has 2 heterocycles. The number of rotatable bonds is 2. The van der Waals surface area contributed by atoms with Gasteiger partial charge in [-0.3, -0.25) is 0 Å². The minimum absolute atomic E-state index is 0.124. The molecule has 4 nitrogen and oxygen atoms in total. The number of carboxylic acids is 1. The van der Waals surface area contributed by atoms with E-state index in [1.54, 1.807) is 6.07 Å². The van der Waals surface area contributed by atoms with Gasteiger partial charge in [0.15, 0.2) is 0 Å². The van der Waals surface area contributed by atoms with E-state index in [-0.39, 0.29) is 5.69 Å². The molecule has 1 aromatic heterocycles. The van der Waals surface area contributed by atoms with Gasteiger partial charge in [-0.25, -0.2) is 9.78 Å². The van der Waals surface area contributed by atoms with Gasteiger partial charge < -0.3 is 9.84 Å². The summed E-state index contributed by atoms with van der Waals surface area (Å²) in [7, 11) is 0. The number of carboxylic acid groups (broad SMARTS) is 1. The second-order valence-corrected chi connectivity index (χ2v) is 3.64. The Bertz CT molecular complexity index is 359. The zero-order valence-corrected chi connectivity index (χ0v) is 8.35. The van der Waals surface area contributed by atoms with E-state index in [9.17, 15) is 4.79 Å². The lowest BCUT2D eigenvalue weighted by atomic mass is 9.96. The lowest BCUT2D eigenvalue weighted by molar-refractivity contribution is 0.0688. The molecule has 1 saturated heterocycles. The van der Waals surface area contributed by atoms with Crippen LogP contribution in [0.5, 0.6) is 0 Å². The highest BCUT2D eigenvalue weighted by atomic mass is 16.5. The summed E-state index contributed by atoms with van der Waals surface area (Å²) >= 11 is 0. The molecule has 0 unspecified atom stereocenters. The molecule has 0 aromatic carbocycles. The first-order valence-corrected chi connectivity index (χ1v) is 5.05. The molecule has 1 aromatic rings. The maximum atomic E-state index is 10.7. The molecule has 80 valence electrons. The van der Waals surface area contributed by atoms with Crippen LogP contribution in [-0.4, -0.2) is 29.3 Å². The largest absolute Gasteiger partial charge is 0.477 e. The Kier molecular flexibility index (Phi) is 2.97. The minimum atomic E-state index is -0.969. The van der Waals surface area contributed by atoms with Gasteiger partial charge in [-0.15, -0.1) is 0 Å². The van der Waals surface area contributed by atoms with Gasteiger partial charge in [0.05, 0.1) is 0 Å². The number of hydrogen-bond donors (Lipinski definition) is 1. The van der Waals surface area contributed by atoms with Crippen LogP contribution in [0.2, 0.25) is 0 Å². The quantitative estimate of drug-likeness (QED) is 0.801. The smallest absolute Gasteiger partial charge is 0.354 e. The van der Waals surface area contributed by atoms with Crippen LogP contribution in [0.1, 0.15) is 34.9 Å². The fourth-order valence-corrected chi connectivity index (χ4v) is 1.79. The molecule has 2 rings (SSSR count). The average Bonchev–Trinajstić information content (AvgIpc) is 2.30. The summed E-state index contributed by atoms with van der Waals surface area (Å²) in [4.78, 5) is 14.9. The third-order valence-corrected chi connectivity index (χ3v) is 2.63. The molecule has 4 heteroatoms. The zero-order valence-electron chi connectivity index (χ0n) is 8.35. The third-order valence-electron chi connectivity index (χ3n) is 2.63. The van der Waals surface area contributed by atoms with E-state index >= 15 is 0 Å². The minimum Gasteiger partial charge on any atom is -0.477 e. The predicted molar refractivity (Wildman–Crippen MR) is 54.0 cm³/mol. The highest BCUT2D eigenvalue weighted by Gasteiger charge is 2.18. The Hall–Kier alpha value is -1.42. The van der Waals surface area contributed by atoms with Crippen molar-refractivity contribution >= 4 is 5.97 Å². The molecule has 0 bridgehead atoms. The molecular formula is C11H13NO3. The summed E-state index contributed by atoms with van der Waals surface area (Å²) in [6.07, 6.45) is 1.85. The number of ether oxygens (including phenoxy) is 1. The second kappa shape index (κ2) is 4.40.